The molecule has 0 aliphatic carbocycles. The van der Waals surface area contributed by atoms with Crippen molar-refractivity contribution in [3.05, 3.63) is 30.4 Å². The molecule has 0 spiro atoms. The van der Waals surface area contributed by atoms with E-state index in [0.717, 1.165) is 11.4 Å². The summed E-state index contributed by atoms with van der Waals surface area (Å²) in [5, 5.41) is 4.46. The van der Waals surface area contributed by atoms with Gasteiger partial charge in [0.25, 0.3) is 0 Å². The quantitative estimate of drug-likeness (QED) is 0.733. The van der Waals surface area contributed by atoms with Gasteiger partial charge in [-0.15, -0.1) is 0 Å². The van der Waals surface area contributed by atoms with Crippen LogP contribution in [0.3, 0.4) is 0 Å². The highest BCUT2D eigenvalue weighted by Gasteiger charge is 2.20. The normalized spacial score (nSPS) is 11.8. The van der Waals surface area contributed by atoms with Gasteiger partial charge in [-0.3, -0.25) is 14.6 Å². The zero-order chi connectivity index (χ0) is 11.8. The van der Waals surface area contributed by atoms with Gasteiger partial charge in [0.15, 0.2) is 0 Å². The molecule has 0 N–H and O–H groups in total. The van der Waals surface area contributed by atoms with Crippen molar-refractivity contribution >= 4 is 0 Å². The Morgan fingerprint density at radius 3 is 2.38 bits per heavy atom. The molecule has 0 saturated heterocycles. The predicted octanol–water partition coefficient (Wildman–Crippen LogP) is 2.17. The van der Waals surface area contributed by atoms with Gasteiger partial charge in [0, 0.05) is 30.6 Å². The third-order valence-corrected chi connectivity index (χ3v) is 2.47. The predicted molar refractivity (Wildman–Crippen MR) is 62.9 cm³/mol. The largest absolute Gasteiger partial charge is 0.271 e. The van der Waals surface area contributed by atoms with Crippen molar-refractivity contribution in [2.75, 3.05) is 0 Å². The molecule has 2 aromatic heterocycles. The van der Waals surface area contributed by atoms with E-state index < -0.39 is 0 Å². The Morgan fingerprint density at radius 2 is 1.88 bits per heavy atom. The summed E-state index contributed by atoms with van der Waals surface area (Å²) in [5.74, 6) is 0. The maximum Gasteiger partial charge on any atom is 0.113 e. The molecule has 0 aliphatic rings. The topological polar surface area (TPSA) is 43.6 Å². The van der Waals surface area contributed by atoms with Crippen molar-refractivity contribution in [3.8, 4) is 11.4 Å². The second-order valence-electron chi connectivity index (χ2n) is 4.88. The smallest absolute Gasteiger partial charge is 0.113 e. The summed E-state index contributed by atoms with van der Waals surface area (Å²) in [5.41, 5.74) is 2.96. The molecule has 4 nitrogen and oxygen atoms in total. The monoisotopic (exact) mass is 216 g/mol. The van der Waals surface area contributed by atoms with Gasteiger partial charge in [0.2, 0.25) is 0 Å². The lowest BCUT2D eigenvalue weighted by Crippen LogP contribution is -2.16. The van der Waals surface area contributed by atoms with Crippen LogP contribution >= 0.6 is 0 Å². The minimum Gasteiger partial charge on any atom is -0.271 e. The second kappa shape index (κ2) is 3.70. The molecule has 0 aliphatic heterocycles. The first-order valence-electron chi connectivity index (χ1n) is 5.29. The molecule has 16 heavy (non-hydrogen) atoms. The van der Waals surface area contributed by atoms with Crippen molar-refractivity contribution in [1.29, 1.82) is 0 Å². The van der Waals surface area contributed by atoms with Crippen molar-refractivity contribution < 1.29 is 0 Å². The van der Waals surface area contributed by atoms with Crippen LogP contribution in [0.15, 0.2) is 24.7 Å². The van der Waals surface area contributed by atoms with E-state index >= 15 is 0 Å². The van der Waals surface area contributed by atoms with Crippen LogP contribution in [0.5, 0.6) is 0 Å². The molecule has 0 amide bonds. The van der Waals surface area contributed by atoms with Gasteiger partial charge < -0.3 is 0 Å². The molecule has 2 rings (SSSR count). The van der Waals surface area contributed by atoms with Gasteiger partial charge >= 0.3 is 0 Å². The fourth-order valence-corrected chi connectivity index (χ4v) is 1.73. The lowest BCUT2D eigenvalue weighted by Gasteiger charge is -2.17. The molecule has 2 heterocycles. The molecular formula is C12H16N4. The minimum absolute atomic E-state index is 0.0855. The molecule has 84 valence electrons. The molecule has 0 bridgehead atoms. The lowest BCUT2D eigenvalue weighted by molar-refractivity contribution is 0.523. The summed E-state index contributed by atoms with van der Waals surface area (Å²) in [6, 6.07) is 2.07. The minimum atomic E-state index is 0.0855. The standard InChI is InChI=1S/C12H16N4/c1-12(2,3)11-7-9(15-16(11)4)10-8-13-5-6-14-10/h5-8H,1-4H3. The lowest BCUT2D eigenvalue weighted by atomic mass is 9.92. The Morgan fingerprint density at radius 1 is 1.12 bits per heavy atom. The van der Waals surface area contributed by atoms with E-state index in [9.17, 15) is 0 Å². The van der Waals surface area contributed by atoms with Crippen molar-refractivity contribution in [3.63, 3.8) is 0 Å². The third-order valence-electron chi connectivity index (χ3n) is 2.47. The van der Waals surface area contributed by atoms with Crippen LogP contribution < -0.4 is 0 Å². The molecule has 0 aromatic carbocycles. The molecule has 0 unspecified atom stereocenters. The van der Waals surface area contributed by atoms with Crippen LogP contribution in [-0.4, -0.2) is 19.7 Å². The summed E-state index contributed by atoms with van der Waals surface area (Å²) in [6.07, 6.45) is 5.08. The molecule has 0 radical (unpaired) electrons. The summed E-state index contributed by atoms with van der Waals surface area (Å²) in [4.78, 5) is 8.30. The SMILES string of the molecule is Cn1nc(-c2cnccn2)cc1C(C)(C)C. The highest BCUT2D eigenvalue weighted by atomic mass is 15.3. The Hall–Kier alpha value is -1.71. The van der Waals surface area contributed by atoms with Gasteiger partial charge in [-0.05, 0) is 6.07 Å². The first kappa shape index (κ1) is 10.8. The molecule has 0 saturated carbocycles. The van der Waals surface area contributed by atoms with Gasteiger partial charge in [-0.1, -0.05) is 20.8 Å². The number of hydrogen-bond donors (Lipinski definition) is 0. The third kappa shape index (κ3) is 1.96. The molecule has 0 fully saturated rings. The van der Waals surface area contributed by atoms with Crippen LogP contribution in [-0.2, 0) is 12.5 Å². The van der Waals surface area contributed by atoms with E-state index in [1.54, 1.807) is 18.6 Å². The number of aryl methyl sites for hydroxylation is 1. The van der Waals surface area contributed by atoms with Gasteiger partial charge in [-0.2, -0.15) is 5.10 Å². The number of rotatable bonds is 1. The summed E-state index contributed by atoms with van der Waals surface area (Å²) < 4.78 is 1.91. The van der Waals surface area contributed by atoms with E-state index in [4.69, 9.17) is 0 Å². The Bertz CT molecular complexity index is 479. The van der Waals surface area contributed by atoms with Crippen LogP contribution in [0.25, 0.3) is 11.4 Å². The summed E-state index contributed by atoms with van der Waals surface area (Å²) >= 11 is 0. The van der Waals surface area contributed by atoms with Crippen molar-refractivity contribution in [1.82, 2.24) is 19.7 Å². The zero-order valence-corrected chi connectivity index (χ0v) is 10.1. The first-order chi connectivity index (χ1) is 7.48. The second-order valence-corrected chi connectivity index (χ2v) is 4.88. The van der Waals surface area contributed by atoms with E-state index in [1.165, 1.54) is 5.69 Å². The highest BCUT2D eigenvalue weighted by Crippen LogP contribution is 2.25. The fourth-order valence-electron chi connectivity index (χ4n) is 1.73. The van der Waals surface area contributed by atoms with Gasteiger partial charge in [0.1, 0.15) is 11.4 Å². The summed E-state index contributed by atoms with van der Waals surface area (Å²) in [7, 11) is 1.96. The first-order valence-corrected chi connectivity index (χ1v) is 5.29. The Balaban J connectivity index is 2.47. The fraction of sp³-hybridized carbons (Fsp3) is 0.417. The molecule has 0 atom stereocenters. The molecule has 2 aromatic rings. The number of aromatic nitrogens is 4. The Labute approximate surface area is 95.4 Å². The maximum absolute atomic E-state index is 4.46. The average molecular weight is 216 g/mol. The van der Waals surface area contributed by atoms with E-state index in [2.05, 4.69) is 41.9 Å². The number of hydrogen-bond acceptors (Lipinski definition) is 3. The molecule has 4 heteroatoms. The average Bonchev–Trinajstić information content (AvgIpc) is 2.61. The van der Waals surface area contributed by atoms with E-state index in [-0.39, 0.29) is 5.41 Å². The molecular weight excluding hydrogens is 200 g/mol. The number of nitrogens with zero attached hydrogens (tertiary/aromatic N) is 4. The van der Waals surface area contributed by atoms with Crippen molar-refractivity contribution in [2.24, 2.45) is 7.05 Å². The van der Waals surface area contributed by atoms with Gasteiger partial charge in [-0.25, -0.2) is 0 Å². The van der Waals surface area contributed by atoms with Gasteiger partial charge in [0.05, 0.1) is 6.20 Å². The van der Waals surface area contributed by atoms with E-state index in [1.807, 2.05) is 11.7 Å². The van der Waals surface area contributed by atoms with Crippen LogP contribution in [0.1, 0.15) is 26.5 Å². The van der Waals surface area contributed by atoms with Crippen LogP contribution in [0.2, 0.25) is 0 Å². The van der Waals surface area contributed by atoms with Crippen LogP contribution in [0, 0.1) is 0 Å². The maximum atomic E-state index is 4.46. The summed E-state index contributed by atoms with van der Waals surface area (Å²) in [6.45, 7) is 6.51. The van der Waals surface area contributed by atoms with Crippen molar-refractivity contribution in [2.45, 2.75) is 26.2 Å². The van der Waals surface area contributed by atoms with E-state index in [0.29, 0.717) is 0 Å². The van der Waals surface area contributed by atoms with Crippen LogP contribution in [0.4, 0.5) is 0 Å². The highest BCUT2D eigenvalue weighted by molar-refractivity contribution is 5.53. The Kier molecular flexibility index (Phi) is 2.50. The zero-order valence-electron chi connectivity index (χ0n) is 10.1.